The summed E-state index contributed by atoms with van der Waals surface area (Å²) in [6.45, 7) is 5.66. The summed E-state index contributed by atoms with van der Waals surface area (Å²) < 4.78 is 0. The first-order valence-corrected chi connectivity index (χ1v) is 7.56. The highest BCUT2D eigenvalue weighted by Gasteiger charge is 2.14. The van der Waals surface area contributed by atoms with Crippen LogP contribution in [0, 0.1) is 5.92 Å². The van der Waals surface area contributed by atoms with Crippen molar-refractivity contribution in [1.82, 2.24) is 5.32 Å². The van der Waals surface area contributed by atoms with Gasteiger partial charge in [0.25, 0.3) is 0 Å². The summed E-state index contributed by atoms with van der Waals surface area (Å²) in [6, 6.07) is 9.70. The van der Waals surface area contributed by atoms with Gasteiger partial charge in [-0.05, 0) is 42.7 Å². The van der Waals surface area contributed by atoms with Crippen LogP contribution in [0.3, 0.4) is 0 Å². The molecule has 100 valence electrons. The number of hydrogen-bond donors (Lipinski definition) is 1. The first-order chi connectivity index (χ1) is 8.75. The van der Waals surface area contributed by atoms with E-state index < -0.39 is 0 Å². The van der Waals surface area contributed by atoms with Crippen molar-refractivity contribution < 1.29 is 0 Å². The summed E-state index contributed by atoms with van der Waals surface area (Å²) in [5, 5.41) is 3.73. The zero-order valence-electron chi connectivity index (χ0n) is 11.9. The lowest BCUT2D eigenvalue weighted by Crippen LogP contribution is -2.25. The summed E-state index contributed by atoms with van der Waals surface area (Å²) in [6.07, 6.45) is 8.07. The summed E-state index contributed by atoms with van der Waals surface area (Å²) in [4.78, 5) is 0. The molecule has 0 atom stereocenters. The highest BCUT2D eigenvalue weighted by Crippen LogP contribution is 2.19. The third kappa shape index (κ3) is 4.13. The predicted molar refractivity (Wildman–Crippen MR) is 78.7 cm³/mol. The van der Waals surface area contributed by atoms with Crippen LogP contribution >= 0.6 is 0 Å². The van der Waals surface area contributed by atoms with Gasteiger partial charge >= 0.3 is 0 Å². The van der Waals surface area contributed by atoms with Crippen LogP contribution in [0.15, 0.2) is 24.3 Å². The van der Waals surface area contributed by atoms with Gasteiger partial charge in [-0.15, -0.1) is 0 Å². The number of rotatable bonds is 6. The van der Waals surface area contributed by atoms with Crippen molar-refractivity contribution in [2.45, 2.75) is 65.0 Å². The third-order valence-corrected chi connectivity index (χ3v) is 4.05. The van der Waals surface area contributed by atoms with Crippen molar-refractivity contribution in [3.05, 3.63) is 35.4 Å². The molecule has 0 bridgehead atoms. The summed E-state index contributed by atoms with van der Waals surface area (Å²) in [7, 11) is 0. The number of nitrogens with one attached hydrogen (secondary N) is 1. The second-order valence-corrected chi connectivity index (χ2v) is 6.06. The molecule has 0 aliphatic heterocycles. The molecule has 1 aromatic carbocycles. The topological polar surface area (TPSA) is 12.0 Å². The van der Waals surface area contributed by atoms with Gasteiger partial charge in [0, 0.05) is 12.6 Å². The zero-order valence-corrected chi connectivity index (χ0v) is 11.9. The lowest BCUT2D eigenvalue weighted by Gasteiger charge is -2.15. The Morgan fingerprint density at radius 3 is 2.44 bits per heavy atom. The first kappa shape index (κ1) is 13.6. The van der Waals surface area contributed by atoms with E-state index >= 15 is 0 Å². The van der Waals surface area contributed by atoms with Gasteiger partial charge in [0.2, 0.25) is 0 Å². The Balaban J connectivity index is 1.89. The molecular formula is C17H27N. The van der Waals surface area contributed by atoms with Crippen molar-refractivity contribution in [1.29, 1.82) is 0 Å². The Labute approximate surface area is 112 Å². The van der Waals surface area contributed by atoms with Crippen LogP contribution in [0.4, 0.5) is 0 Å². The molecule has 0 spiro atoms. The average molecular weight is 245 g/mol. The number of aryl methyl sites for hydroxylation is 1. The van der Waals surface area contributed by atoms with Gasteiger partial charge in [0.1, 0.15) is 0 Å². The maximum atomic E-state index is 3.73. The molecule has 0 radical (unpaired) electrons. The molecule has 1 aliphatic rings. The minimum atomic E-state index is 0.767. The highest BCUT2D eigenvalue weighted by molar-refractivity contribution is 5.27. The molecule has 1 N–H and O–H groups in total. The fourth-order valence-corrected chi connectivity index (χ4v) is 2.80. The van der Waals surface area contributed by atoms with Crippen LogP contribution in [-0.4, -0.2) is 6.04 Å². The van der Waals surface area contributed by atoms with Crippen molar-refractivity contribution in [3.63, 3.8) is 0 Å². The Bertz CT molecular complexity index is 350. The van der Waals surface area contributed by atoms with Crippen molar-refractivity contribution >= 4 is 0 Å². The molecule has 1 nitrogen and oxygen atoms in total. The Hall–Kier alpha value is -0.820. The fraction of sp³-hybridized carbons (Fsp3) is 0.647. The van der Waals surface area contributed by atoms with Crippen LogP contribution in [-0.2, 0) is 13.0 Å². The van der Waals surface area contributed by atoms with E-state index in [0.29, 0.717) is 0 Å². The molecule has 0 saturated heterocycles. The van der Waals surface area contributed by atoms with E-state index in [0.717, 1.165) is 18.5 Å². The summed E-state index contributed by atoms with van der Waals surface area (Å²) in [5.41, 5.74) is 3.04. The Kier molecular flexibility index (Phi) is 5.25. The summed E-state index contributed by atoms with van der Waals surface area (Å²) in [5.74, 6) is 0.792. The molecule has 1 fully saturated rings. The third-order valence-electron chi connectivity index (χ3n) is 4.05. The molecule has 1 saturated carbocycles. The van der Waals surface area contributed by atoms with Gasteiger partial charge in [0.15, 0.2) is 0 Å². The van der Waals surface area contributed by atoms with Gasteiger partial charge in [0.05, 0.1) is 0 Å². The normalized spacial score (nSPS) is 16.6. The molecule has 0 unspecified atom stereocenters. The lowest BCUT2D eigenvalue weighted by atomic mass is 9.98. The first-order valence-electron chi connectivity index (χ1n) is 7.56. The Morgan fingerprint density at radius 1 is 1.11 bits per heavy atom. The SMILES string of the molecule is CC(C)CCc1ccccc1CNC1CCCC1. The lowest BCUT2D eigenvalue weighted by molar-refractivity contribution is 0.520. The average Bonchev–Trinajstić information content (AvgIpc) is 2.88. The zero-order chi connectivity index (χ0) is 12.8. The smallest absolute Gasteiger partial charge is 0.0210 e. The highest BCUT2D eigenvalue weighted by atomic mass is 14.9. The van der Waals surface area contributed by atoms with Gasteiger partial charge < -0.3 is 5.32 Å². The second-order valence-electron chi connectivity index (χ2n) is 6.06. The molecule has 18 heavy (non-hydrogen) atoms. The maximum Gasteiger partial charge on any atom is 0.0210 e. The van der Waals surface area contributed by atoms with Crippen molar-refractivity contribution in [3.8, 4) is 0 Å². The monoisotopic (exact) mass is 245 g/mol. The van der Waals surface area contributed by atoms with E-state index in [-0.39, 0.29) is 0 Å². The number of hydrogen-bond acceptors (Lipinski definition) is 1. The molecule has 0 heterocycles. The van der Waals surface area contributed by atoms with E-state index in [1.165, 1.54) is 49.7 Å². The molecule has 1 aromatic rings. The molecule has 1 aliphatic carbocycles. The maximum absolute atomic E-state index is 3.73. The van der Waals surface area contributed by atoms with Crippen molar-refractivity contribution in [2.24, 2.45) is 5.92 Å². The molecule has 1 heteroatoms. The van der Waals surface area contributed by atoms with Gasteiger partial charge in [-0.3, -0.25) is 0 Å². The molecule has 0 aromatic heterocycles. The van der Waals surface area contributed by atoms with Crippen molar-refractivity contribution in [2.75, 3.05) is 0 Å². The van der Waals surface area contributed by atoms with Gasteiger partial charge in [-0.25, -0.2) is 0 Å². The second kappa shape index (κ2) is 6.94. The Morgan fingerprint density at radius 2 is 1.78 bits per heavy atom. The minimum Gasteiger partial charge on any atom is -0.310 e. The fourth-order valence-electron chi connectivity index (χ4n) is 2.80. The van der Waals surface area contributed by atoms with Crippen LogP contribution in [0.5, 0.6) is 0 Å². The predicted octanol–water partition coefficient (Wildman–Crippen LogP) is 4.31. The van der Waals surface area contributed by atoms with E-state index in [1.54, 1.807) is 0 Å². The minimum absolute atomic E-state index is 0.767. The standard InChI is InChI=1S/C17H27N/c1-14(2)11-12-15-7-3-4-8-16(15)13-18-17-9-5-6-10-17/h3-4,7-8,14,17-18H,5-6,9-13H2,1-2H3. The van der Waals surface area contributed by atoms with Crippen LogP contribution in [0.2, 0.25) is 0 Å². The van der Waals surface area contributed by atoms with Crippen LogP contribution in [0.1, 0.15) is 57.1 Å². The van der Waals surface area contributed by atoms with E-state index in [1.807, 2.05) is 0 Å². The van der Waals surface area contributed by atoms with Gasteiger partial charge in [-0.1, -0.05) is 51.0 Å². The quantitative estimate of drug-likeness (QED) is 0.787. The van der Waals surface area contributed by atoms with Crippen LogP contribution < -0.4 is 5.32 Å². The molecule has 0 amide bonds. The summed E-state index contributed by atoms with van der Waals surface area (Å²) >= 11 is 0. The van der Waals surface area contributed by atoms with E-state index in [2.05, 4.69) is 43.4 Å². The largest absolute Gasteiger partial charge is 0.310 e. The van der Waals surface area contributed by atoms with Gasteiger partial charge in [-0.2, -0.15) is 0 Å². The van der Waals surface area contributed by atoms with Crippen LogP contribution in [0.25, 0.3) is 0 Å². The number of benzene rings is 1. The van der Waals surface area contributed by atoms with E-state index in [4.69, 9.17) is 0 Å². The van der Waals surface area contributed by atoms with E-state index in [9.17, 15) is 0 Å². The molecule has 2 rings (SSSR count). The molecular weight excluding hydrogens is 218 g/mol.